The average Bonchev–Trinajstić information content (AvgIpc) is 2.83. The summed E-state index contributed by atoms with van der Waals surface area (Å²) in [7, 11) is -0.320. The topological polar surface area (TPSA) is 77.8 Å². The minimum atomic E-state index is -1.32. The Labute approximate surface area is 228 Å². The molecule has 0 aromatic heterocycles. The lowest BCUT2D eigenvalue weighted by Crippen LogP contribution is -2.33. The fourth-order valence-corrected chi connectivity index (χ4v) is 5.95. The standard InChI is InChI=1S/C26H26FNO2S.C4H10O.CH4O/c1-15-9-11-19(12-10-15)23-17(3)24-25-21(7-6-8-22(25)27)18(4)28(31(5)30)26(24)16(2)20(23)13-14-29;1-4(2,3)5;1-2/h6-12,14,18H,13H2,1-5H3;5H,1-3H3;2H,1H3/t18-,31?;;/m0../s1. The van der Waals surface area contributed by atoms with Gasteiger partial charge in [0.15, 0.2) is 0 Å². The minimum absolute atomic E-state index is 0.242. The highest BCUT2D eigenvalue weighted by molar-refractivity contribution is 7.85. The summed E-state index contributed by atoms with van der Waals surface area (Å²) < 4.78 is 30.0. The summed E-state index contributed by atoms with van der Waals surface area (Å²) in [5, 5.41) is 15.5. The zero-order chi connectivity index (χ0) is 28.9. The number of aryl methyl sites for hydroxylation is 1. The molecule has 2 N–H and O–H groups in total. The minimum Gasteiger partial charge on any atom is -0.400 e. The number of rotatable bonds is 4. The van der Waals surface area contributed by atoms with Gasteiger partial charge in [0.1, 0.15) is 23.1 Å². The van der Waals surface area contributed by atoms with Gasteiger partial charge in [0.05, 0.1) is 17.3 Å². The number of benzene rings is 3. The van der Waals surface area contributed by atoms with Gasteiger partial charge in [-0.05, 0) is 87.9 Å². The van der Waals surface area contributed by atoms with Gasteiger partial charge in [0.2, 0.25) is 0 Å². The quantitative estimate of drug-likeness (QED) is 0.376. The normalized spacial score (nSPS) is 14.7. The molecule has 0 saturated carbocycles. The molecule has 38 heavy (non-hydrogen) atoms. The van der Waals surface area contributed by atoms with Gasteiger partial charge in [-0.2, -0.15) is 0 Å². The Morgan fingerprint density at radius 2 is 1.53 bits per heavy atom. The number of anilines is 1. The molecule has 2 atom stereocenters. The highest BCUT2D eigenvalue weighted by Crippen LogP contribution is 2.52. The Balaban J connectivity index is 0.000000651. The van der Waals surface area contributed by atoms with Gasteiger partial charge in [-0.15, -0.1) is 0 Å². The fraction of sp³-hybridized carbons (Fsp3) is 0.387. The summed E-state index contributed by atoms with van der Waals surface area (Å²) in [6, 6.07) is 13.0. The van der Waals surface area contributed by atoms with Crippen LogP contribution in [0, 0.1) is 26.6 Å². The molecule has 4 rings (SSSR count). The third kappa shape index (κ3) is 6.57. The summed E-state index contributed by atoms with van der Waals surface area (Å²) >= 11 is 0. The Bertz CT molecular complexity index is 1310. The highest BCUT2D eigenvalue weighted by atomic mass is 32.2. The lowest BCUT2D eigenvalue weighted by molar-refractivity contribution is -0.107. The molecule has 0 aliphatic carbocycles. The maximum absolute atomic E-state index is 15.2. The monoisotopic (exact) mass is 541 g/mol. The predicted octanol–water partition coefficient (Wildman–Crippen LogP) is 6.39. The van der Waals surface area contributed by atoms with Crippen molar-refractivity contribution in [2.45, 2.75) is 66.5 Å². The molecule has 0 amide bonds. The molecule has 0 fully saturated rings. The van der Waals surface area contributed by atoms with E-state index in [1.165, 1.54) is 6.07 Å². The van der Waals surface area contributed by atoms with Crippen molar-refractivity contribution in [1.82, 2.24) is 0 Å². The SMILES string of the molecule is CC(C)(C)O.CO.Cc1ccc(-c2c(C)c3c(c(C)c2CC=O)N(S(C)=O)[C@@H](C)c2cccc(F)c2-3)cc1. The maximum atomic E-state index is 15.2. The summed E-state index contributed by atoms with van der Waals surface area (Å²) in [5.74, 6) is -0.285. The molecule has 5 nitrogen and oxygen atoms in total. The molecule has 0 saturated heterocycles. The predicted molar refractivity (Wildman–Crippen MR) is 156 cm³/mol. The molecule has 0 bridgehead atoms. The number of hydrogen-bond donors (Lipinski definition) is 2. The fourth-order valence-electron chi connectivity index (χ4n) is 4.90. The van der Waals surface area contributed by atoms with Crippen LogP contribution in [0.3, 0.4) is 0 Å². The third-order valence-corrected chi connectivity index (χ3v) is 7.37. The van der Waals surface area contributed by atoms with Crippen LogP contribution in [0.2, 0.25) is 0 Å². The molecular formula is C31H40FNO4S. The van der Waals surface area contributed by atoms with Crippen LogP contribution in [-0.4, -0.2) is 39.7 Å². The van der Waals surface area contributed by atoms with Crippen LogP contribution in [0.1, 0.15) is 61.6 Å². The van der Waals surface area contributed by atoms with Crippen molar-refractivity contribution in [3.05, 3.63) is 76.1 Å². The summed E-state index contributed by atoms with van der Waals surface area (Å²) in [5.41, 5.74) is 8.18. The van der Waals surface area contributed by atoms with Crippen LogP contribution in [0.4, 0.5) is 10.1 Å². The molecule has 1 aliphatic rings. The molecule has 1 aliphatic heterocycles. The maximum Gasteiger partial charge on any atom is 0.131 e. The molecular weight excluding hydrogens is 501 g/mol. The molecule has 7 heteroatoms. The number of carbonyl (C=O) groups excluding carboxylic acids is 1. The number of aliphatic hydroxyl groups is 2. The largest absolute Gasteiger partial charge is 0.400 e. The van der Waals surface area contributed by atoms with Crippen molar-refractivity contribution in [1.29, 1.82) is 0 Å². The summed E-state index contributed by atoms with van der Waals surface area (Å²) in [6.07, 6.45) is 2.79. The first-order valence-electron chi connectivity index (χ1n) is 12.5. The van der Waals surface area contributed by atoms with Crippen molar-refractivity contribution in [2.75, 3.05) is 17.7 Å². The Morgan fingerprint density at radius 3 is 2.03 bits per heavy atom. The van der Waals surface area contributed by atoms with Crippen LogP contribution < -0.4 is 4.31 Å². The lowest BCUT2D eigenvalue weighted by Gasteiger charge is -2.39. The first-order chi connectivity index (χ1) is 17.8. The van der Waals surface area contributed by atoms with E-state index in [1.54, 1.807) is 33.1 Å². The van der Waals surface area contributed by atoms with E-state index in [9.17, 15) is 9.00 Å². The Morgan fingerprint density at radius 1 is 0.974 bits per heavy atom. The molecule has 206 valence electrons. The Hall–Kier alpha value is -2.87. The van der Waals surface area contributed by atoms with Crippen LogP contribution in [-0.2, 0) is 22.2 Å². The van der Waals surface area contributed by atoms with Gasteiger partial charge >= 0.3 is 0 Å². The number of aldehydes is 1. The van der Waals surface area contributed by atoms with Crippen LogP contribution in [0.15, 0.2) is 42.5 Å². The first-order valence-corrected chi connectivity index (χ1v) is 14.0. The van der Waals surface area contributed by atoms with Crippen LogP contribution >= 0.6 is 0 Å². The zero-order valence-electron chi connectivity index (χ0n) is 23.8. The van der Waals surface area contributed by atoms with E-state index in [4.69, 9.17) is 10.2 Å². The van der Waals surface area contributed by atoms with Crippen molar-refractivity contribution in [3.63, 3.8) is 0 Å². The van der Waals surface area contributed by atoms with Gasteiger partial charge in [-0.1, -0.05) is 42.0 Å². The van der Waals surface area contributed by atoms with E-state index in [0.717, 1.165) is 63.6 Å². The third-order valence-electron chi connectivity index (χ3n) is 6.32. The Kier molecular flexibility index (Phi) is 10.5. The van der Waals surface area contributed by atoms with Gasteiger partial charge in [0.25, 0.3) is 0 Å². The van der Waals surface area contributed by atoms with Crippen LogP contribution in [0.5, 0.6) is 0 Å². The highest BCUT2D eigenvalue weighted by Gasteiger charge is 2.36. The van der Waals surface area contributed by atoms with E-state index >= 15 is 4.39 Å². The van der Waals surface area contributed by atoms with Crippen molar-refractivity contribution in [3.8, 4) is 22.3 Å². The van der Waals surface area contributed by atoms with Gasteiger partial charge in [-0.3, -0.25) is 4.31 Å². The summed E-state index contributed by atoms with van der Waals surface area (Å²) in [4.78, 5) is 11.6. The van der Waals surface area contributed by atoms with E-state index in [1.807, 2.05) is 62.3 Å². The molecule has 1 unspecified atom stereocenters. The number of fused-ring (bicyclic) bond motifs is 3. The number of hydrogen-bond acceptors (Lipinski definition) is 4. The number of halogens is 1. The van der Waals surface area contributed by atoms with Crippen molar-refractivity contribution in [2.24, 2.45) is 0 Å². The number of nitrogens with zero attached hydrogens (tertiary/aromatic N) is 1. The van der Waals surface area contributed by atoms with Crippen molar-refractivity contribution < 1.29 is 23.6 Å². The average molecular weight is 542 g/mol. The molecule has 3 aromatic carbocycles. The van der Waals surface area contributed by atoms with E-state index < -0.39 is 16.6 Å². The first kappa shape index (κ1) is 31.3. The van der Waals surface area contributed by atoms with Crippen LogP contribution in [0.25, 0.3) is 22.3 Å². The number of carbonyl (C=O) groups is 1. The van der Waals surface area contributed by atoms with Gasteiger partial charge in [0, 0.05) is 30.9 Å². The van der Waals surface area contributed by atoms with E-state index in [0.29, 0.717) is 5.56 Å². The van der Waals surface area contributed by atoms with Crippen molar-refractivity contribution >= 4 is 23.0 Å². The van der Waals surface area contributed by atoms with Gasteiger partial charge in [-0.25, -0.2) is 8.60 Å². The molecule has 0 spiro atoms. The van der Waals surface area contributed by atoms with E-state index in [2.05, 4.69) is 0 Å². The van der Waals surface area contributed by atoms with E-state index in [-0.39, 0.29) is 18.3 Å². The molecule has 1 heterocycles. The smallest absolute Gasteiger partial charge is 0.131 e. The molecule has 0 radical (unpaired) electrons. The number of aliphatic hydroxyl groups excluding tert-OH is 1. The molecule has 3 aromatic rings. The van der Waals surface area contributed by atoms with Gasteiger partial charge < -0.3 is 15.0 Å². The second-order valence-electron chi connectivity index (χ2n) is 10.4. The second-order valence-corrected chi connectivity index (χ2v) is 11.6. The zero-order valence-corrected chi connectivity index (χ0v) is 24.7. The lowest BCUT2D eigenvalue weighted by atomic mass is 9.79. The second kappa shape index (κ2) is 12.8. The summed E-state index contributed by atoms with van der Waals surface area (Å²) in [6.45, 7) is 13.1.